The molecule has 0 aromatic heterocycles. The van der Waals surface area contributed by atoms with Crippen LogP contribution in [0.3, 0.4) is 0 Å². The van der Waals surface area contributed by atoms with Gasteiger partial charge in [-0.2, -0.15) is 0 Å². The van der Waals surface area contributed by atoms with Gasteiger partial charge in [0.05, 0.1) is 19.8 Å². The van der Waals surface area contributed by atoms with Gasteiger partial charge in [-0.25, -0.2) is 4.85 Å². The molecule has 0 fully saturated rings. The van der Waals surface area contributed by atoms with Crippen molar-refractivity contribution < 1.29 is 13.6 Å². The molecule has 0 unspecified atom stereocenters. The van der Waals surface area contributed by atoms with E-state index in [1.54, 1.807) is 0 Å². The van der Waals surface area contributed by atoms with E-state index in [0.29, 0.717) is 13.2 Å². The molecule has 0 aliphatic rings. The first-order valence-electron chi connectivity index (χ1n) is 13.6. The Balaban J connectivity index is 3.76. The van der Waals surface area contributed by atoms with Gasteiger partial charge in [0, 0.05) is 5.82 Å². The molecule has 0 bridgehead atoms. The Morgan fingerprint density at radius 2 is 0.906 bits per heavy atom. The summed E-state index contributed by atoms with van der Waals surface area (Å²) in [6.45, 7) is 12.3. The molecule has 0 radical (unpaired) electrons. The van der Waals surface area contributed by atoms with Gasteiger partial charge in [-0.1, -0.05) is 129 Å². The van der Waals surface area contributed by atoms with Gasteiger partial charge >= 0.3 is 7.60 Å². The molecule has 0 amide bonds. The van der Waals surface area contributed by atoms with Crippen LogP contribution in [0.15, 0.2) is 12.0 Å². The van der Waals surface area contributed by atoms with Gasteiger partial charge in [0.15, 0.2) is 6.20 Å². The lowest BCUT2D eigenvalue weighted by molar-refractivity contribution is 0.205. The fourth-order valence-corrected chi connectivity index (χ4v) is 5.04. The smallest absolute Gasteiger partial charge is 0.306 e. The second-order valence-corrected chi connectivity index (χ2v) is 10.9. The summed E-state index contributed by atoms with van der Waals surface area (Å²) in [5.41, 5.74) is 0. The van der Waals surface area contributed by atoms with Crippen LogP contribution >= 0.6 is 7.60 Å². The highest BCUT2D eigenvalue weighted by Gasteiger charge is 2.19. The van der Waals surface area contributed by atoms with Crippen molar-refractivity contribution in [3.8, 4) is 0 Å². The van der Waals surface area contributed by atoms with Crippen molar-refractivity contribution in [3.05, 3.63) is 23.4 Å². The normalized spacial score (nSPS) is 11.9. The average Bonchev–Trinajstić information content (AvgIpc) is 2.80. The Morgan fingerprint density at radius 3 is 1.22 bits per heavy atom. The minimum Gasteiger partial charge on any atom is -0.306 e. The van der Waals surface area contributed by atoms with Crippen LogP contribution in [0.1, 0.15) is 142 Å². The fourth-order valence-electron chi connectivity index (χ4n) is 3.80. The van der Waals surface area contributed by atoms with Crippen molar-refractivity contribution in [3.63, 3.8) is 0 Å². The Labute approximate surface area is 200 Å². The first-order valence-corrected chi connectivity index (χ1v) is 15.2. The summed E-state index contributed by atoms with van der Waals surface area (Å²) in [7, 11) is -3.28. The molecule has 0 spiro atoms. The lowest BCUT2D eigenvalue weighted by atomic mass is 10.1. The molecule has 0 saturated carbocycles. The Kier molecular flexibility index (Phi) is 24.5. The number of rotatable bonds is 25. The maximum absolute atomic E-state index is 12.8. The highest BCUT2D eigenvalue weighted by molar-refractivity contribution is 7.57. The molecule has 0 aromatic rings. The van der Waals surface area contributed by atoms with E-state index in [1.807, 2.05) is 0 Å². The van der Waals surface area contributed by atoms with Crippen LogP contribution in [0.25, 0.3) is 4.85 Å². The first-order chi connectivity index (χ1) is 15.7. The van der Waals surface area contributed by atoms with E-state index in [4.69, 9.17) is 15.6 Å². The lowest BCUT2D eigenvalue weighted by Crippen LogP contribution is -1.98. The minimum absolute atomic E-state index is 0.439. The number of nitrogens with zero attached hydrogens (tertiary/aromatic N) is 1. The van der Waals surface area contributed by atoms with E-state index in [-0.39, 0.29) is 0 Å². The lowest BCUT2D eigenvalue weighted by Gasteiger charge is -2.15. The van der Waals surface area contributed by atoms with E-state index in [2.05, 4.69) is 18.7 Å². The maximum atomic E-state index is 12.8. The third-order valence-corrected chi connectivity index (χ3v) is 7.45. The molecule has 188 valence electrons. The molecule has 32 heavy (non-hydrogen) atoms. The summed E-state index contributed by atoms with van der Waals surface area (Å²) in [6.07, 6.45) is 26.3. The van der Waals surface area contributed by atoms with Crippen molar-refractivity contribution in [2.24, 2.45) is 0 Å². The van der Waals surface area contributed by atoms with Crippen LogP contribution < -0.4 is 0 Å². The quantitative estimate of drug-likeness (QED) is 0.0758. The van der Waals surface area contributed by atoms with Crippen LogP contribution in [0.5, 0.6) is 0 Å². The first kappa shape index (κ1) is 31.4. The molecule has 5 heteroatoms. The van der Waals surface area contributed by atoms with E-state index < -0.39 is 7.60 Å². The molecular formula is C27H52NO3P. The van der Waals surface area contributed by atoms with Crippen LogP contribution in [0.2, 0.25) is 0 Å². The van der Waals surface area contributed by atoms with Gasteiger partial charge in [-0.05, 0) is 12.8 Å². The summed E-state index contributed by atoms with van der Waals surface area (Å²) >= 11 is 0. The van der Waals surface area contributed by atoms with Crippen LogP contribution in [0.4, 0.5) is 0 Å². The van der Waals surface area contributed by atoms with Crippen molar-refractivity contribution in [1.29, 1.82) is 0 Å². The molecule has 0 heterocycles. The fraction of sp³-hybridized carbons (Fsp3) is 0.889. The standard InChI is InChI=1S/C27H52NO3P/c1-4-6-8-10-12-14-16-18-20-22-25-30-32(29,27-24-28-3)31-26-23-21-19-17-15-13-11-9-7-5-2/h24,27H,4-23,25-26H2,1-2H3. The van der Waals surface area contributed by atoms with E-state index in [9.17, 15) is 4.57 Å². The SMILES string of the molecule is [C-]#[N+]C=CP(=O)(OCCCCCCCCCCCC)OCCCCCCCCCCCC. The second kappa shape index (κ2) is 25.0. The Bertz CT molecular complexity index is 472. The molecule has 0 aliphatic heterocycles. The average molecular weight is 470 g/mol. The zero-order valence-corrected chi connectivity index (χ0v) is 22.2. The number of hydrogen-bond acceptors (Lipinski definition) is 3. The third kappa shape index (κ3) is 22.6. The Morgan fingerprint density at radius 1 is 0.594 bits per heavy atom. The van der Waals surface area contributed by atoms with Gasteiger partial charge in [0.2, 0.25) is 0 Å². The largest absolute Gasteiger partial charge is 0.343 e. The van der Waals surface area contributed by atoms with Gasteiger partial charge in [-0.3, -0.25) is 4.57 Å². The molecule has 0 aliphatic carbocycles. The molecule has 0 N–H and O–H groups in total. The summed E-state index contributed by atoms with van der Waals surface area (Å²) in [6, 6.07) is 0. The molecule has 0 rings (SSSR count). The number of hydrogen-bond donors (Lipinski definition) is 0. The second-order valence-electron chi connectivity index (χ2n) is 9.00. The number of unbranched alkanes of at least 4 members (excludes halogenated alkanes) is 18. The van der Waals surface area contributed by atoms with Crippen LogP contribution in [-0.2, 0) is 13.6 Å². The minimum atomic E-state index is -3.28. The molecule has 4 nitrogen and oxygen atoms in total. The summed E-state index contributed by atoms with van der Waals surface area (Å²) in [5, 5.41) is 0. The molecular weight excluding hydrogens is 417 g/mol. The monoisotopic (exact) mass is 469 g/mol. The van der Waals surface area contributed by atoms with Gasteiger partial charge in [0.1, 0.15) is 0 Å². The highest BCUT2D eigenvalue weighted by atomic mass is 31.2. The third-order valence-electron chi connectivity index (χ3n) is 5.86. The Hall–Kier alpha value is -0.620. The van der Waals surface area contributed by atoms with Gasteiger partial charge < -0.3 is 9.05 Å². The summed E-state index contributed by atoms with van der Waals surface area (Å²) < 4.78 is 24.0. The van der Waals surface area contributed by atoms with Crippen molar-refractivity contribution in [2.75, 3.05) is 13.2 Å². The van der Waals surface area contributed by atoms with Crippen LogP contribution in [0, 0.1) is 6.57 Å². The zero-order valence-electron chi connectivity index (χ0n) is 21.3. The van der Waals surface area contributed by atoms with Crippen LogP contribution in [-0.4, -0.2) is 13.2 Å². The predicted molar refractivity (Wildman–Crippen MR) is 139 cm³/mol. The molecule has 0 aromatic carbocycles. The van der Waals surface area contributed by atoms with E-state index >= 15 is 0 Å². The van der Waals surface area contributed by atoms with Crippen molar-refractivity contribution in [2.45, 2.75) is 142 Å². The summed E-state index contributed by atoms with van der Waals surface area (Å²) in [5.74, 6) is 1.33. The molecule has 0 atom stereocenters. The van der Waals surface area contributed by atoms with Crippen molar-refractivity contribution in [1.82, 2.24) is 0 Å². The van der Waals surface area contributed by atoms with Crippen molar-refractivity contribution >= 4 is 7.60 Å². The predicted octanol–water partition coefficient (Wildman–Crippen LogP) is 10.4. The van der Waals surface area contributed by atoms with E-state index in [0.717, 1.165) is 25.7 Å². The van der Waals surface area contributed by atoms with E-state index in [1.165, 1.54) is 115 Å². The van der Waals surface area contributed by atoms with Gasteiger partial charge in [0.25, 0.3) is 0 Å². The maximum Gasteiger partial charge on any atom is 0.343 e. The molecule has 0 saturated heterocycles. The topological polar surface area (TPSA) is 39.9 Å². The van der Waals surface area contributed by atoms with Gasteiger partial charge in [-0.15, -0.1) is 0 Å². The summed E-state index contributed by atoms with van der Waals surface area (Å²) in [4.78, 5) is 3.17. The zero-order chi connectivity index (χ0) is 23.6. The highest BCUT2D eigenvalue weighted by Crippen LogP contribution is 2.50.